The summed E-state index contributed by atoms with van der Waals surface area (Å²) in [6, 6.07) is 0.663. The molecule has 0 radical (unpaired) electrons. The van der Waals surface area contributed by atoms with E-state index in [4.69, 9.17) is 4.74 Å². The molecule has 1 unspecified atom stereocenters. The maximum Gasteiger partial charge on any atom is 0.274 e. The first-order valence-corrected chi connectivity index (χ1v) is 9.69. The first kappa shape index (κ1) is 16.9. The van der Waals surface area contributed by atoms with Crippen molar-refractivity contribution in [3.63, 3.8) is 0 Å². The number of hydrogen-bond acceptors (Lipinski definition) is 5. The molecule has 0 bridgehead atoms. The molecular formula is C19H28N4O2. The van der Waals surface area contributed by atoms with Crippen LogP contribution in [0.1, 0.15) is 55.4 Å². The first-order chi connectivity index (χ1) is 12.3. The molecule has 0 aromatic carbocycles. The molecule has 3 aliphatic rings. The Hall–Kier alpha value is -1.53. The van der Waals surface area contributed by atoms with Gasteiger partial charge in [0.2, 0.25) is 0 Å². The van der Waals surface area contributed by atoms with Gasteiger partial charge in [0, 0.05) is 38.1 Å². The molecule has 0 saturated carbocycles. The molecule has 3 saturated heterocycles. The number of nitrogens with zero attached hydrogens (tertiary/aromatic N) is 4. The second-order valence-electron chi connectivity index (χ2n) is 7.66. The van der Waals surface area contributed by atoms with E-state index in [0.717, 1.165) is 45.4 Å². The maximum absolute atomic E-state index is 12.6. The van der Waals surface area contributed by atoms with Crippen LogP contribution in [0.2, 0.25) is 0 Å². The second-order valence-corrected chi connectivity index (χ2v) is 7.66. The summed E-state index contributed by atoms with van der Waals surface area (Å²) in [7, 11) is 0. The van der Waals surface area contributed by atoms with E-state index in [1.807, 2.05) is 4.90 Å². The summed E-state index contributed by atoms with van der Waals surface area (Å²) in [4.78, 5) is 25.3. The second kappa shape index (κ2) is 7.38. The zero-order valence-electron chi connectivity index (χ0n) is 14.9. The minimum atomic E-state index is -0.0283. The molecule has 136 valence electrons. The highest BCUT2D eigenvalue weighted by Crippen LogP contribution is 2.37. The molecule has 6 nitrogen and oxygen atoms in total. The summed E-state index contributed by atoms with van der Waals surface area (Å²) in [6.45, 7) is 4.86. The molecular weight excluding hydrogens is 316 g/mol. The van der Waals surface area contributed by atoms with Gasteiger partial charge in [-0.1, -0.05) is 6.42 Å². The van der Waals surface area contributed by atoms with Crippen LogP contribution in [0.15, 0.2) is 18.6 Å². The van der Waals surface area contributed by atoms with Gasteiger partial charge in [-0.3, -0.25) is 9.78 Å². The molecule has 1 aromatic rings. The lowest BCUT2D eigenvalue weighted by Crippen LogP contribution is -2.55. The van der Waals surface area contributed by atoms with Crippen molar-refractivity contribution < 1.29 is 9.53 Å². The Labute approximate surface area is 149 Å². The SMILES string of the molecule is O=C(c1cnccn1)N1CCC2(CC1)CC(N1CCCCC1)CCO2. The third-order valence-corrected chi connectivity index (χ3v) is 6.12. The lowest BCUT2D eigenvalue weighted by atomic mass is 9.81. The van der Waals surface area contributed by atoms with Crippen molar-refractivity contribution in [1.82, 2.24) is 19.8 Å². The Morgan fingerprint density at radius 1 is 1.12 bits per heavy atom. The van der Waals surface area contributed by atoms with Crippen molar-refractivity contribution in [3.05, 3.63) is 24.3 Å². The zero-order chi connectivity index (χ0) is 17.1. The summed E-state index contributed by atoms with van der Waals surface area (Å²) in [5.74, 6) is -0.00802. The topological polar surface area (TPSA) is 58.6 Å². The van der Waals surface area contributed by atoms with Crippen molar-refractivity contribution >= 4 is 5.91 Å². The molecule has 1 aromatic heterocycles. The van der Waals surface area contributed by atoms with Crippen LogP contribution < -0.4 is 0 Å². The van der Waals surface area contributed by atoms with Gasteiger partial charge in [-0.25, -0.2) is 4.98 Å². The monoisotopic (exact) mass is 344 g/mol. The van der Waals surface area contributed by atoms with Crippen LogP contribution in [0.4, 0.5) is 0 Å². The number of aromatic nitrogens is 2. The van der Waals surface area contributed by atoms with Gasteiger partial charge in [-0.2, -0.15) is 0 Å². The van der Waals surface area contributed by atoms with Crippen LogP contribution >= 0.6 is 0 Å². The highest BCUT2D eigenvalue weighted by Gasteiger charge is 2.42. The van der Waals surface area contributed by atoms with Crippen molar-refractivity contribution in [2.45, 2.75) is 56.6 Å². The van der Waals surface area contributed by atoms with Gasteiger partial charge in [0.15, 0.2) is 0 Å². The van der Waals surface area contributed by atoms with E-state index in [0.29, 0.717) is 11.7 Å². The smallest absolute Gasteiger partial charge is 0.274 e. The molecule has 1 spiro atoms. The maximum atomic E-state index is 12.6. The van der Waals surface area contributed by atoms with Crippen molar-refractivity contribution in [3.8, 4) is 0 Å². The number of carbonyl (C=O) groups excluding carboxylic acids is 1. The van der Waals surface area contributed by atoms with Gasteiger partial charge in [-0.15, -0.1) is 0 Å². The molecule has 25 heavy (non-hydrogen) atoms. The summed E-state index contributed by atoms with van der Waals surface area (Å²) in [5.41, 5.74) is 0.411. The molecule has 4 heterocycles. The predicted molar refractivity (Wildman–Crippen MR) is 94.3 cm³/mol. The lowest BCUT2D eigenvalue weighted by Gasteiger charge is -2.49. The largest absolute Gasteiger partial charge is 0.375 e. The summed E-state index contributed by atoms with van der Waals surface area (Å²) < 4.78 is 6.27. The number of piperidine rings is 2. The number of hydrogen-bond donors (Lipinski definition) is 0. The van der Waals surface area contributed by atoms with E-state index >= 15 is 0 Å². The van der Waals surface area contributed by atoms with Crippen LogP contribution in [0, 0.1) is 0 Å². The Morgan fingerprint density at radius 3 is 2.64 bits per heavy atom. The Bertz CT molecular complexity index is 580. The molecule has 3 aliphatic heterocycles. The Kier molecular flexibility index (Phi) is 4.99. The van der Waals surface area contributed by atoms with Crippen molar-refractivity contribution in [1.29, 1.82) is 0 Å². The zero-order valence-corrected chi connectivity index (χ0v) is 14.9. The number of amides is 1. The van der Waals surface area contributed by atoms with E-state index < -0.39 is 0 Å². The van der Waals surface area contributed by atoms with E-state index in [2.05, 4.69) is 14.9 Å². The third kappa shape index (κ3) is 3.70. The average molecular weight is 344 g/mol. The molecule has 0 N–H and O–H groups in total. The molecule has 4 rings (SSSR count). The highest BCUT2D eigenvalue weighted by atomic mass is 16.5. The molecule has 3 fully saturated rings. The van der Waals surface area contributed by atoms with E-state index in [1.165, 1.54) is 32.4 Å². The fourth-order valence-corrected chi connectivity index (χ4v) is 4.63. The first-order valence-electron chi connectivity index (χ1n) is 9.69. The Morgan fingerprint density at radius 2 is 1.92 bits per heavy atom. The number of carbonyl (C=O) groups is 1. The molecule has 6 heteroatoms. The number of ether oxygens (including phenoxy) is 1. The summed E-state index contributed by atoms with van der Waals surface area (Å²) in [5, 5.41) is 0. The minimum Gasteiger partial charge on any atom is -0.375 e. The van der Waals surface area contributed by atoms with E-state index in [1.54, 1.807) is 18.6 Å². The quantitative estimate of drug-likeness (QED) is 0.822. The standard InChI is InChI=1S/C19H28N4O2/c24-18(17-15-20-7-8-21-17)23-11-5-19(6-12-23)14-16(4-13-25-19)22-9-2-1-3-10-22/h7-8,15-16H,1-6,9-14H2. The van der Waals surface area contributed by atoms with Gasteiger partial charge in [-0.05, 0) is 51.6 Å². The Balaban J connectivity index is 1.36. The number of likely N-dealkylation sites (tertiary alicyclic amines) is 2. The van der Waals surface area contributed by atoms with E-state index in [-0.39, 0.29) is 11.5 Å². The van der Waals surface area contributed by atoms with Crippen molar-refractivity contribution in [2.75, 3.05) is 32.8 Å². The fourth-order valence-electron chi connectivity index (χ4n) is 4.63. The summed E-state index contributed by atoms with van der Waals surface area (Å²) >= 11 is 0. The van der Waals surface area contributed by atoms with Gasteiger partial charge in [0.25, 0.3) is 5.91 Å². The third-order valence-electron chi connectivity index (χ3n) is 6.12. The van der Waals surface area contributed by atoms with E-state index in [9.17, 15) is 4.79 Å². The average Bonchev–Trinajstić information content (AvgIpc) is 2.69. The molecule has 0 aliphatic carbocycles. The predicted octanol–water partition coefficient (Wildman–Crippen LogP) is 2.12. The van der Waals surface area contributed by atoms with Crippen LogP contribution in [-0.2, 0) is 4.74 Å². The van der Waals surface area contributed by atoms with Gasteiger partial charge in [0.1, 0.15) is 5.69 Å². The highest BCUT2D eigenvalue weighted by molar-refractivity contribution is 5.92. The van der Waals surface area contributed by atoms with Crippen LogP contribution in [0.25, 0.3) is 0 Å². The summed E-state index contributed by atoms with van der Waals surface area (Å²) in [6.07, 6.45) is 12.9. The van der Waals surface area contributed by atoms with Crippen LogP contribution in [0.3, 0.4) is 0 Å². The van der Waals surface area contributed by atoms with Gasteiger partial charge in [0.05, 0.1) is 11.8 Å². The molecule has 1 amide bonds. The molecule has 1 atom stereocenters. The van der Waals surface area contributed by atoms with Crippen LogP contribution in [0.5, 0.6) is 0 Å². The van der Waals surface area contributed by atoms with Crippen molar-refractivity contribution in [2.24, 2.45) is 0 Å². The van der Waals surface area contributed by atoms with Gasteiger partial charge >= 0.3 is 0 Å². The number of rotatable bonds is 2. The normalized spacial score (nSPS) is 27.4. The van der Waals surface area contributed by atoms with Crippen LogP contribution in [-0.4, -0.2) is 70.1 Å². The van der Waals surface area contributed by atoms with Gasteiger partial charge < -0.3 is 14.5 Å². The lowest BCUT2D eigenvalue weighted by molar-refractivity contribution is -0.131. The minimum absolute atomic E-state index is 0.00802. The fraction of sp³-hybridized carbons (Fsp3) is 0.737.